The van der Waals surface area contributed by atoms with E-state index in [1.54, 1.807) is 49.0 Å². The number of benzene rings is 2. The van der Waals surface area contributed by atoms with Gasteiger partial charge in [-0.25, -0.2) is 0 Å². The summed E-state index contributed by atoms with van der Waals surface area (Å²) in [6, 6.07) is 16.3. The number of rotatable bonds is 10. The molecular formula is C23H26O3S2. The van der Waals surface area contributed by atoms with Crippen molar-refractivity contribution in [3.63, 3.8) is 0 Å². The van der Waals surface area contributed by atoms with Crippen LogP contribution < -0.4 is 0 Å². The lowest BCUT2D eigenvalue weighted by Crippen LogP contribution is -2.15. The molecule has 148 valence electrons. The fourth-order valence-electron chi connectivity index (χ4n) is 2.66. The maximum atomic E-state index is 12.6. The summed E-state index contributed by atoms with van der Waals surface area (Å²) in [5, 5.41) is 0. The number of thioether (sulfide) groups is 1. The largest absolute Gasteiger partial charge is 0.465 e. The van der Waals surface area contributed by atoms with Crippen LogP contribution in [0.15, 0.2) is 54.6 Å². The number of thiocarbonyl (C=S) groups is 1. The van der Waals surface area contributed by atoms with Crippen molar-refractivity contribution in [2.24, 2.45) is 0 Å². The lowest BCUT2D eigenvalue weighted by Gasteiger charge is -2.13. The Hall–Kier alpha value is -1.98. The van der Waals surface area contributed by atoms with E-state index < -0.39 is 5.92 Å². The lowest BCUT2D eigenvalue weighted by molar-refractivity contribution is -0.145. The molecule has 0 aromatic heterocycles. The van der Waals surface area contributed by atoms with E-state index in [1.807, 2.05) is 24.3 Å². The minimum atomic E-state index is -0.419. The van der Waals surface area contributed by atoms with Crippen LogP contribution in [0, 0.1) is 0 Å². The molecule has 0 fully saturated rings. The van der Waals surface area contributed by atoms with Crippen molar-refractivity contribution in [3.05, 3.63) is 71.3 Å². The third-order valence-corrected chi connectivity index (χ3v) is 5.87. The number of ketones is 1. The van der Waals surface area contributed by atoms with Gasteiger partial charge in [0.15, 0.2) is 5.78 Å². The second-order valence-corrected chi connectivity index (χ2v) is 8.47. The molecule has 0 spiro atoms. The Morgan fingerprint density at radius 3 is 2.50 bits per heavy atom. The van der Waals surface area contributed by atoms with Crippen molar-refractivity contribution in [1.82, 2.24) is 0 Å². The van der Waals surface area contributed by atoms with Crippen molar-refractivity contribution in [2.75, 3.05) is 12.4 Å². The lowest BCUT2D eigenvalue weighted by atomic mass is 9.96. The SMILES string of the molecule is CCCC(=S)SCCCOC(=O)C(C)c1cccc(C(=O)c2ccccc2)c1. The molecule has 5 heteroatoms. The molecule has 1 atom stereocenters. The molecule has 0 aliphatic rings. The first-order valence-electron chi connectivity index (χ1n) is 9.55. The van der Waals surface area contributed by atoms with E-state index in [-0.39, 0.29) is 11.8 Å². The summed E-state index contributed by atoms with van der Waals surface area (Å²) < 4.78 is 6.42. The number of carbonyl (C=O) groups excluding carboxylic acids is 2. The van der Waals surface area contributed by atoms with Crippen molar-refractivity contribution in [2.45, 2.75) is 39.0 Å². The third-order valence-electron chi connectivity index (χ3n) is 4.29. The molecule has 3 nitrogen and oxygen atoms in total. The van der Waals surface area contributed by atoms with E-state index in [1.165, 1.54) is 0 Å². The Kier molecular flexibility index (Phi) is 9.38. The van der Waals surface area contributed by atoms with E-state index in [0.29, 0.717) is 17.7 Å². The van der Waals surface area contributed by atoms with Crippen molar-refractivity contribution in [1.29, 1.82) is 0 Å². The molecule has 2 aromatic rings. The van der Waals surface area contributed by atoms with Gasteiger partial charge in [-0.1, -0.05) is 74.1 Å². The summed E-state index contributed by atoms with van der Waals surface area (Å²) in [4.78, 5) is 25.0. The van der Waals surface area contributed by atoms with Crippen LogP contribution in [0.1, 0.15) is 60.5 Å². The zero-order valence-corrected chi connectivity index (χ0v) is 18.0. The zero-order valence-electron chi connectivity index (χ0n) is 16.4. The summed E-state index contributed by atoms with van der Waals surface area (Å²) in [7, 11) is 0. The van der Waals surface area contributed by atoms with Crippen LogP contribution in [0.25, 0.3) is 0 Å². The van der Waals surface area contributed by atoms with Gasteiger partial charge in [-0.2, -0.15) is 0 Å². The number of esters is 1. The molecule has 2 rings (SSSR count). The van der Waals surface area contributed by atoms with Gasteiger partial charge < -0.3 is 4.74 Å². The highest BCUT2D eigenvalue weighted by Crippen LogP contribution is 2.20. The highest BCUT2D eigenvalue weighted by atomic mass is 32.2. The van der Waals surface area contributed by atoms with Crippen LogP contribution in [0.2, 0.25) is 0 Å². The molecule has 0 saturated heterocycles. The topological polar surface area (TPSA) is 43.4 Å². The Bertz CT molecular complexity index is 803. The molecule has 28 heavy (non-hydrogen) atoms. The molecule has 0 N–H and O–H groups in total. The molecule has 0 saturated carbocycles. The molecule has 1 unspecified atom stereocenters. The van der Waals surface area contributed by atoms with Crippen molar-refractivity contribution < 1.29 is 14.3 Å². The Labute approximate surface area is 176 Å². The van der Waals surface area contributed by atoms with Gasteiger partial charge >= 0.3 is 5.97 Å². The first kappa shape index (κ1) is 22.3. The Morgan fingerprint density at radius 2 is 1.79 bits per heavy atom. The van der Waals surface area contributed by atoms with E-state index in [4.69, 9.17) is 17.0 Å². The van der Waals surface area contributed by atoms with Crippen molar-refractivity contribution in [3.8, 4) is 0 Å². The van der Waals surface area contributed by atoms with E-state index in [2.05, 4.69) is 6.92 Å². The highest BCUT2D eigenvalue weighted by molar-refractivity contribution is 8.23. The molecule has 0 bridgehead atoms. The standard InChI is InChI=1S/C23H26O3S2/c1-3-9-21(27)28-15-8-14-26-23(25)17(2)19-12-7-13-20(16-19)22(24)18-10-5-4-6-11-18/h4-7,10-13,16-17H,3,8-9,14-15H2,1-2H3. The Morgan fingerprint density at radius 1 is 1.07 bits per heavy atom. The fourth-order valence-corrected chi connectivity index (χ4v) is 3.95. The van der Waals surface area contributed by atoms with Gasteiger partial charge in [-0.05, 0) is 31.4 Å². The smallest absolute Gasteiger partial charge is 0.313 e. The second kappa shape index (κ2) is 11.8. The monoisotopic (exact) mass is 414 g/mol. The first-order valence-corrected chi connectivity index (χ1v) is 10.9. The minimum Gasteiger partial charge on any atom is -0.465 e. The molecule has 0 aliphatic carbocycles. The van der Waals surface area contributed by atoms with Crippen LogP contribution in [0.5, 0.6) is 0 Å². The average Bonchev–Trinajstić information content (AvgIpc) is 2.73. The van der Waals surface area contributed by atoms with Gasteiger partial charge in [0.1, 0.15) is 0 Å². The predicted molar refractivity (Wildman–Crippen MR) is 120 cm³/mol. The number of ether oxygens (including phenoxy) is 1. The summed E-state index contributed by atoms with van der Waals surface area (Å²) in [6.45, 7) is 4.30. The van der Waals surface area contributed by atoms with Crippen LogP contribution >= 0.6 is 24.0 Å². The van der Waals surface area contributed by atoms with Crippen LogP contribution in [-0.2, 0) is 9.53 Å². The quantitative estimate of drug-likeness (QED) is 0.212. The molecule has 0 radical (unpaired) electrons. The molecule has 0 aliphatic heterocycles. The normalized spacial score (nSPS) is 11.6. The summed E-state index contributed by atoms with van der Waals surface area (Å²) in [6.07, 6.45) is 2.79. The molecule has 0 amide bonds. The van der Waals surface area contributed by atoms with Gasteiger partial charge in [-0.15, -0.1) is 11.8 Å². The summed E-state index contributed by atoms with van der Waals surface area (Å²) in [5.74, 6) is 0.118. The number of hydrogen-bond acceptors (Lipinski definition) is 5. The highest BCUT2D eigenvalue weighted by Gasteiger charge is 2.18. The molecule has 0 heterocycles. The maximum Gasteiger partial charge on any atom is 0.313 e. The van der Waals surface area contributed by atoms with Gasteiger partial charge in [0.25, 0.3) is 0 Å². The fraction of sp³-hybridized carbons (Fsp3) is 0.348. The van der Waals surface area contributed by atoms with Gasteiger partial charge in [-0.3, -0.25) is 9.59 Å². The van der Waals surface area contributed by atoms with Gasteiger partial charge in [0.2, 0.25) is 0 Å². The third kappa shape index (κ3) is 6.88. The zero-order chi connectivity index (χ0) is 20.4. The first-order chi connectivity index (χ1) is 13.5. The molecule has 2 aromatic carbocycles. The van der Waals surface area contributed by atoms with Crippen LogP contribution in [-0.4, -0.2) is 28.3 Å². The number of hydrogen-bond donors (Lipinski definition) is 0. The molecular weight excluding hydrogens is 388 g/mol. The maximum absolute atomic E-state index is 12.6. The summed E-state index contributed by atoms with van der Waals surface area (Å²) >= 11 is 6.92. The summed E-state index contributed by atoms with van der Waals surface area (Å²) in [5.41, 5.74) is 1.99. The van der Waals surface area contributed by atoms with Crippen molar-refractivity contribution >= 4 is 39.9 Å². The predicted octanol–water partition coefficient (Wildman–Crippen LogP) is 5.82. The number of carbonyl (C=O) groups is 2. The van der Waals surface area contributed by atoms with E-state index in [9.17, 15) is 9.59 Å². The van der Waals surface area contributed by atoms with E-state index in [0.717, 1.165) is 34.8 Å². The minimum absolute atomic E-state index is 0.0527. The van der Waals surface area contributed by atoms with E-state index >= 15 is 0 Å². The average molecular weight is 415 g/mol. The van der Waals surface area contributed by atoms with Crippen LogP contribution in [0.3, 0.4) is 0 Å². The Balaban J connectivity index is 1.88. The second-order valence-electron chi connectivity index (χ2n) is 6.53. The van der Waals surface area contributed by atoms with Gasteiger partial charge in [0, 0.05) is 21.1 Å². The van der Waals surface area contributed by atoms with Gasteiger partial charge in [0.05, 0.1) is 12.5 Å². The van der Waals surface area contributed by atoms with Crippen LogP contribution in [0.4, 0.5) is 0 Å².